The van der Waals surface area contributed by atoms with E-state index in [0.29, 0.717) is 24.3 Å². The predicted octanol–water partition coefficient (Wildman–Crippen LogP) is 1.73. The van der Waals surface area contributed by atoms with Gasteiger partial charge in [0.1, 0.15) is 6.73 Å². The van der Waals surface area contributed by atoms with Crippen LogP contribution in [-0.2, 0) is 31.7 Å². The second-order valence-corrected chi connectivity index (χ2v) is 6.50. The van der Waals surface area contributed by atoms with Crippen LogP contribution in [0, 0.1) is 5.92 Å². The Bertz CT molecular complexity index is 983. The number of benzene rings is 1. The van der Waals surface area contributed by atoms with Crippen molar-refractivity contribution in [1.29, 1.82) is 0 Å². The summed E-state index contributed by atoms with van der Waals surface area (Å²) in [5.41, 5.74) is 1.14. The fourth-order valence-corrected chi connectivity index (χ4v) is 2.77. The molecule has 0 saturated heterocycles. The molecule has 0 aliphatic carbocycles. The van der Waals surface area contributed by atoms with E-state index in [9.17, 15) is 9.59 Å². The minimum Gasteiger partial charge on any atom is -0.356 e. The molecule has 0 N–H and O–H groups in total. The monoisotopic (exact) mass is 342 g/mol. The lowest BCUT2D eigenvalue weighted by Gasteiger charge is -2.12. The first-order chi connectivity index (χ1) is 12.0. The van der Waals surface area contributed by atoms with Crippen molar-refractivity contribution in [3.05, 3.63) is 63.1 Å². The molecule has 7 heteroatoms. The molecule has 25 heavy (non-hydrogen) atoms. The van der Waals surface area contributed by atoms with E-state index in [0.717, 1.165) is 10.1 Å². The molecular weight excluding hydrogens is 320 g/mol. The van der Waals surface area contributed by atoms with E-state index in [4.69, 9.17) is 4.74 Å². The Balaban J connectivity index is 1.93. The van der Waals surface area contributed by atoms with E-state index < -0.39 is 0 Å². The summed E-state index contributed by atoms with van der Waals surface area (Å²) in [5.74, 6) is 0.262. The van der Waals surface area contributed by atoms with Crippen LogP contribution in [0.5, 0.6) is 0 Å². The third-order valence-corrected chi connectivity index (χ3v) is 3.99. The van der Waals surface area contributed by atoms with Crippen LogP contribution < -0.4 is 11.2 Å². The second-order valence-electron chi connectivity index (χ2n) is 6.50. The number of imidazole rings is 1. The van der Waals surface area contributed by atoms with E-state index in [1.165, 1.54) is 7.05 Å². The fourth-order valence-electron chi connectivity index (χ4n) is 2.77. The first-order valence-corrected chi connectivity index (χ1v) is 8.25. The standard InChI is InChI=1S/C18H22N4O3/c1-13(2)9-22-16-15(17(23)20(3)18(22)24)21(11-19-16)12-25-10-14-7-5-4-6-8-14/h4-8,11,13H,9-10,12H2,1-3H3. The highest BCUT2D eigenvalue weighted by Gasteiger charge is 2.16. The van der Waals surface area contributed by atoms with Gasteiger partial charge in [-0.1, -0.05) is 44.2 Å². The number of rotatable bonds is 6. The van der Waals surface area contributed by atoms with E-state index in [-0.39, 0.29) is 23.9 Å². The molecule has 0 radical (unpaired) electrons. The van der Waals surface area contributed by atoms with Crippen LogP contribution in [0.25, 0.3) is 11.2 Å². The third-order valence-electron chi connectivity index (χ3n) is 3.99. The molecule has 0 unspecified atom stereocenters. The molecule has 0 amide bonds. The van der Waals surface area contributed by atoms with Crippen molar-refractivity contribution in [2.45, 2.75) is 33.7 Å². The average molecular weight is 342 g/mol. The number of aromatic nitrogens is 4. The molecule has 1 aromatic carbocycles. The smallest absolute Gasteiger partial charge is 0.332 e. The van der Waals surface area contributed by atoms with E-state index in [1.807, 2.05) is 44.2 Å². The lowest BCUT2D eigenvalue weighted by molar-refractivity contribution is 0.0663. The van der Waals surface area contributed by atoms with Crippen LogP contribution in [0.1, 0.15) is 19.4 Å². The van der Waals surface area contributed by atoms with Gasteiger partial charge < -0.3 is 9.30 Å². The van der Waals surface area contributed by atoms with Gasteiger partial charge >= 0.3 is 5.69 Å². The second kappa shape index (κ2) is 7.06. The molecule has 132 valence electrons. The molecule has 0 bridgehead atoms. The normalized spacial score (nSPS) is 11.5. The first kappa shape index (κ1) is 17.2. The van der Waals surface area contributed by atoms with E-state index in [1.54, 1.807) is 15.5 Å². The van der Waals surface area contributed by atoms with Crippen LogP contribution in [0.4, 0.5) is 0 Å². The first-order valence-electron chi connectivity index (χ1n) is 8.25. The summed E-state index contributed by atoms with van der Waals surface area (Å²) in [7, 11) is 1.49. The molecule has 7 nitrogen and oxygen atoms in total. The molecule has 0 aliphatic heterocycles. The number of nitrogens with zero attached hydrogens (tertiary/aromatic N) is 4. The largest absolute Gasteiger partial charge is 0.356 e. The number of hydrogen-bond acceptors (Lipinski definition) is 4. The van der Waals surface area contributed by atoms with Gasteiger partial charge in [-0.15, -0.1) is 0 Å². The molecule has 3 aromatic rings. The topological polar surface area (TPSA) is 71.0 Å². The lowest BCUT2D eigenvalue weighted by atomic mass is 10.2. The average Bonchev–Trinajstić information content (AvgIpc) is 3.01. The highest BCUT2D eigenvalue weighted by atomic mass is 16.5. The van der Waals surface area contributed by atoms with Crippen LogP contribution >= 0.6 is 0 Å². The summed E-state index contributed by atoms with van der Waals surface area (Å²) >= 11 is 0. The summed E-state index contributed by atoms with van der Waals surface area (Å²) in [5, 5.41) is 0. The maximum atomic E-state index is 12.5. The summed E-state index contributed by atoms with van der Waals surface area (Å²) in [6.07, 6.45) is 1.55. The van der Waals surface area contributed by atoms with Gasteiger partial charge in [0.2, 0.25) is 0 Å². The van der Waals surface area contributed by atoms with Crippen LogP contribution in [-0.4, -0.2) is 18.7 Å². The third kappa shape index (κ3) is 3.41. The van der Waals surface area contributed by atoms with Gasteiger partial charge in [-0.25, -0.2) is 9.78 Å². The minimum absolute atomic E-state index is 0.195. The van der Waals surface area contributed by atoms with Gasteiger partial charge in [0.15, 0.2) is 11.2 Å². The Morgan fingerprint density at radius 2 is 1.88 bits per heavy atom. The van der Waals surface area contributed by atoms with Crippen molar-refractivity contribution in [2.75, 3.05) is 0 Å². The predicted molar refractivity (Wildman–Crippen MR) is 95.3 cm³/mol. The van der Waals surface area contributed by atoms with Gasteiger partial charge in [-0.3, -0.25) is 13.9 Å². The van der Waals surface area contributed by atoms with Crippen molar-refractivity contribution < 1.29 is 4.74 Å². The molecule has 0 spiro atoms. The fraction of sp³-hybridized carbons (Fsp3) is 0.389. The van der Waals surface area contributed by atoms with Gasteiger partial charge in [0.25, 0.3) is 5.56 Å². The highest BCUT2D eigenvalue weighted by molar-refractivity contribution is 5.70. The zero-order valence-electron chi connectivity index (χ0n) is 14.7. The Hall–Kier alpha value is -2.67. The molecular formula is C18H22N4O3. The summed E-state index contributed by atoms with van der Waals surface area (Å²) in [4.78, 5) is 29.2. The van der Waals surface area contributed by atoms with Crippen molar-refractivity contribution in [2.24, 2.45) is 13.0 Å². The van der Waals surface area contributed by atoms with Gasteiger partial charge in [0, 0.05) is 13.6 Å². The quantitative estimate of drug-likeness (QED) is 0.684. The maximum absolute atomic E-state index is 12.5. The van der Waals surface area contributed by atoms with Crippen LogP contribution in [0.2, 0.25) is 0 Å². The number of hydrogen-bond donors (Lipinski definition) is 0. The maximum Gasteiger partial charge on any atom is 0.332 e. The zero-order valence-corrected chi connectivity index (χ0v) is 14.7. The Morgan fingerprint density at radius 1 is 1.16 bits per heavy atom. The van der Waals surface area contributed by atoms with Crippen molar-refractivity contribution in [1.82, 2.24) is 18.7 Å². The molecule has 0 atom stereocenters. The van der Waals surface area contributed by atoms with Crippen molar-refractivity contribution in [3.8, 4) is 0 Å². The van der Waals surface area contributed by atoms with Gasteiger partial charge in [-0.2, -0.15) is 0 Å². The number of ether oxygens (including phenoxy) is 1. The zero-order chi connectivity index (χ0) is 18.0. The Kier molecular flexibility index (Phi) is 4.85. The summed E-state index contributed by atoms with van der Waals surface area (Å²) in [6, 6.07) is 9.80. The minimum atomic E-state index is -0.360. The van der Waals surface area contributed by atoms with E-state index in [2.05, 4.69) is 4.98 Å². The van der Waals surface area contributed by atoms with Crippen LogP contribution in [0.15, 0.2) is 46.2 Å². The Morgan fingerprint density at radius 3 is 2.56 bits per heavy atom. The summed E-state index contributed by atoms with van der Waals surface area (Å²) in [6.45, 7) is 5.17. The highest BCUT2D eigenvalue weighted by Crippen LogP contribution is 2.10. The summed E-state index contributed by atoms with van der Waals surface area (Å²) < 4.78 is 10.0. The van der Waals surface area contributed by atoms with E-state index >= 15 is 0 Å². The molecule has 3 rings (SSSR count). The molecule has 0 fully saturated rings. The van der Waals surface area contributed by atoms with Crippen molar-refractivity contribution in [3.63, 3.8) is 0 Å². The van der Waals surface area contributed by atoms with Crippen molar-refractivity contribution >= 4 is 11.2 Å². The number of fused-ring (bicyclic) bond motifs is 1. The molecule has 0 saturated carbocycles. The molecule has 2 aromatic heterocycles. The van der Waals surface area contributed by atoms with Gasteiger partial charge in [0.05, 0.1) is 12.9 Å². The lowest BCUT2D eigenvalue weighted by Crippen LogP contribution is -2.39. The Labute approximate surface area is 145 Å². The van der Waals surface area contributed by atoms with Gasteiger partial charge in [-0.05, 0) is 11.5 Å². The molecule has 2 heterocycles. The van der Waals surface area contributed by atoms with Crippen LogP contribution in [0.3, 0.4) is 0 Å². The molecule has 0 aliphatic rings. The SMILES string of the molecule is CC(C)Cn1c(=O)n(C)c(=O)c2c1ncn2COCc1ccccc1.